The molecule has 1 saturated carbocycles. The number of hydrogen-bond acceptors (Lipinski definition) is 8. The summed E-state index contributed by atoms with van der Waals surface area (Å²) in [5.41, 5.74) is 1.82. The molecule has 0 bridgehead atoms. The number of rotatable bonds is 8. The number of sulfone groups is 1. The maximum absolute atomic E-state index is 14.3. The molecule has 1 amide bonds. The number of amides is 1. The van der Waals surface area contributed by atoms with E-state index in [4.69, 9.17) is 4.74 Å². The first-order chi connectivity index (χ1) is 19.6. The van der Waals surface area contributed by atoms with Gasteiger partial charge in [0, 0.05) is 43.7 Å². The lowest BCUT2D eigenvalue weighted by Gasteiger charge is -2.25. The van der Waals surface area contributed by atoms with Gasteiger partial charge in [-0.25, -0.2) is 27.2 Å². The van der Waals surface area contributed by atoms with Gasteiger partial charge in [0.1, 0.15) is 17.6 Å². The van der Waals surface area contributed by atoms with Crippen molar-refractivity contribution in [3.63, 3.8) is 0 Å². The number of nitrogens with zero attached hydrogens (tertiary/aromatic N) is 5. The van der Waals surface area contributed by atoms with Crippen LogP contribution in [-0.4, -0.2) is 51.5 Å². The molecule has 1 atom stereocenters. The van der Waals surface area contributed by atoms with Crippen LogP contribution in [0.5, 0.6) is 0 Å². The normalized spacial score (nSPS) is 17.7. The third-order valence-corrected chi connectivity index (χ3v) is 8.31. The van der Waals surface area contributed by atoms with Crippen LogP contribution >= 0.6 is 0 Å². The fourth-order valence-electron chi connectivity index (χ4n) is 4.98. The fraction of sp³-hybridized carbons (Fsp3) is 0.407. The molecule has 1 aliphatic carbocycles. The summed E-state index contributed by atoms with van der Waals surface area (Å²) in [4.78, 5) is 21.4. The number of nitrogens with one attached hydrogen (secondary N) is 2. The molecule has 6 rings (SSSR count). The number of carbonyl (C=O) groups is 1. The van der Waals surface area contributed by atoms with Crippen LogP contribution in [0.4, 0.5) is 26.0 Å². The van der Waals surface area contributed by atoms with E-state index in [1.165, 1.54) is 16.7 Å². The van der Waals surface area contributed by atoms with Crippen molar-refractivity contribution < 1.29 is 26.7 Å². The van der Waals surface area contributed by atoms with E-state index in [2.05, 4.69) is 25.7 Å². The number of aromatic nitrogens is 5. The summed E-state index contributed by atoms with van der Waals surface area (Å²) in [7, 11) is -1.98. The summed E-state index contributed by atoms with van der Waals surface area (Å²) in [6.45, 7) is 0.413. The Morgan fingerprint density at radius 2 is 1.90 bits per heavy atom. The number of benzene rings is 1. The number of imidazole rings is 1. The Morgan fingerprint density at radius 3 is 2.54 bits per heavy atom. The molecular weight excluding hydrogens is 556 g/mol. The van der Waals surface area contributed by atoms with Gasteiger partial charge in [0.15, 0.2) is 21.3 Å². The number of alkyl halides is 2. The standard InChI is InChI=1S/C27H29F2N7O4S/c1-35-11-10-17(34-35)16-8-9-18(20(13-16)41(2,38)39)30-19-14-21(32-27(37)15-6-7-15)31-25-23(19)33-26(24(28)29)36(25)22-5-3-4-12-40-22/h8-11,13-15,22,24H,3-7,12H2,1-2H3,(H2,30,31,32,37). The maximum atomic E-state index is 14.3. The Bertz CT molecular complexity index is 1740. The molecule has 41 heavy (non-hydrogen) atoms. The molecule has 0 radical (unpaired) electrons. The molecule has 0 spiro atoms. The van der Waals surface area contributed by atoms with E-state index < -0.39 is 28.3 Å². The van der Waals surface area contributed by atoms with Gasteiger partial charge in [-0.3, -0.25) is 14.0 Å². The predicted molar refractivity (Wildman–Crippen MR) is 148 cm³/mol. The van der Waals surface area contributed by atoms with Gasteiger partial charge in [-0.1, -0.05) is 6.07 Å². The first-order valence-electron chi connectivity index (χ1n) is 13.3. The van der Waals surface area contributed by atoms with Gasteiger partial charge in [-0.15, -0.1) is 0 Å². The van der Waals surface area contributed by atoms with Gasteiger partial charge in [0.05, 0.1) is 22.0 Å². The number of hydrogen-bond donors (Lipinski definition) is 2. The molecule has 2 aliphatic rings. The summed E-state index contributed by atoms with van der Waals surface area (Å²) in [5.74, 6) is -0.709. The number of carbonyl (C=O) groups excluding carboxylic acids is 1. The van der Waals surface area contributed by atoms with Crippen LogP contribution in [0.1, 0.15) is 50.6 Å². The van der Waals surface area contributed by atoms with Crippen LogP contribution in [0.15, 0.2) is 41.4 Å². The van der Waals surface area contributed by atoms with Crippen LogP contribution < -0.4 is 10.6 Å². The summed E-state index contributed by atoms with van der Waals surface area (Å²) in [6.07, 6.45) is 2.86. The lowest BCUT2D eigenvalue weighted by molar-refractivity contribution is -0.117. The zero-order chi connectivity index (χ0) is 28.9. The molecule has 3 aromatic heterocycles. The number of anilines is 3. The number of pyridine rings is 1. The van der Waals surface area contributed by atoms with Gasteiger partial charge in [0.25, 0.3) is 6.43 Å². The Kier molecular flexibility index (Phi) is 6.98. The van der Waals surface area contributed by atoms with E-state index in [1.807, 2.05) is 0 Å². The molecule has 4 aromatic rings. The monoisotopic (exact) mass is 585 g/mol. The minimum Gasteiger partial charge on any atom is -0.358 e. The Balaban J connectivity index is 1.50. The van der Waals surface area contributed by atoms with E-state index in [0.717, 1.165) is 31.9 Å². The first-order valence-corrected chi connectivity index (χ1v) is 15.2. The van der Waals surface area contributed by atoms with E-state index in [9.17, 15) is 22.0 Å². The van der Waals surface area contributed by atoms with Crippen molar-refractivity contribution in [1.29, 1.82) is 0 Å². The van der Waals surface area contributed by atoms with E-state index >= 15 is 0 Å². The van der Waals surface area contributed by atoms with Crippen molar-refractivity contribution in [3.8, 4) is 11.3 Å². The molecular formula is C27H29F2N7O4S. The Labute approximate surface area is 234 Å². The highest BCUT2D eigenvalue weighted by atomic mass is 32.2. The van der Waals surface area contributed by atoms with Gasteiger partial charge in [-0.05, 0) is 50.3 Å². The lowest BCUT2D eigenvalue weighted by atomic mass is 10.1. The number of ether oxygens (including phenoxy) is 1. The average Bonchev–Trinajstić information content (AvgIpc) is 3.58. The van der Waals surface area contributed by atoms with Crippen molar-refractivity contribution in [2.75, 3.05) is 23.5 Å². The summed E-state index contributed by atoms with van der Waals surface area (Å²) in [6, 6.07) is 8.06. The zero-order valence-corrected chi connectivity index (χ0v) is 23.3. The highest BCUT2D eigenvalue weighted by molar-refractivity contribution is 7.90. The van der Waals surface area contributed by atoms with Gasteiger partial charge < -0.3 is 15.4 Å². The SMILES string of the molecule is Cn1ccc(-c2ccc(Nc3cc(NC(=O)C4CC4)nc4c3nc(C(F)F)n4C3CCCCO3)c(S(C)(=O)=O)c2)n1. The van der Waals surface area contributed by atoms with E-state index in [1.54, 1.807) is 36.1 Å². The van der Waals surface area contributed by atoms with Crippen molar-refractivity contribution in [2.24, 2.45) is 13.0 Å². The molecule has 1 unspecified atom stereocenters. The van der Waals surface area contributed by atoms with Crippen molar-refractivity contribution in [1.82, 2.24) is 24.3 Å². The Morgan fingerprint density at radius 1 is 1.10 bits per heavy atom. The highest BCUT2D eigenvalue weighted by Crippen LogP contribution is 2.38. The zero-order valence-electron chi connectivity index (χ0n) is 22.5. The number of aryl methyl sites for hydroxylation is 1. The second-order valence-corrected chi connectivity index (χ2v) is 12.4. The summed E-state index contributed by atoms with van der Waals surface area (Å²) < 4.78 is 63.1. The molecule has 1 aromatic carbocycles. The molecule has 1 aliphatic heterocycles. The first kappa shape index (κ1) is 27.3. The van der Waals surface area contributed by atoms with Crippen LogP contribution in [0.2, 0.25) is 0 Å². The van der Waals surface area contributed by atoms with Crippen LogP contribution in [0.25, 0.3) is 22.4 Å². The molecule has 1 saturated heterocycles. The van der Waals surface area contributed by atoms with Gasteiger partial charge >= 0.3 is 0 Å². The third-order valence-electron chi connectivity index (χ3n) is 7.17. The highest BCUT2D eigenvalue weighted by Gasteiger charge is 2.32. The van der Waals surface area contributed by atoms with Crippen molar-refractivity contribution in [3.05, 3.63) is 42.4 Å². The quantitative estimate of drug-likeness (QED) is 0.296. The smallest absolute Gasteiger partial charge is 0.295 e. The van der Waals surface area contributed by atoms with Gasteiger partial charge in [0.2, 0.25) is 5.91 Å². The molecule has 4 heterocycles. The molecule has 11 nitrogen and oxygen atoms in total. The minimum absolute atomic E-state index is 0.0155. The molecule has 14 heteroatoms. The second-order valence-electron chi connectivity index (χ2n) is 10.4. The molecule has 2 N–H and O–H groups in total. The molecule has 216 valence electrons. The average molecular weight is 586 g/mol. The maximum Gasteiger partial charge on any atom is 0.295 e. The largest absolute Gasteiger partial charge is 0.358 e. The topological polar surface area (TPSA) is 133 Å². The van der Waals surface area contributed by atoms with Crippen LogP contribution in [-0.2, 0) is 26.4 Å². The van der Waals surface area contributed by atoms with E-state index in [-0.39, 0.29) is 45.1 Å². The lowest BCUT2D eigenvalue weighted by Crippen LogP contribution is -2.21. The summed E-state index contributed by atoms with van der Waals surface area (Å²) in [5, 5.41) is 10.2. The second kappa shape index (κ2) is 10.5. The fourth-order valence-corrected chi connectivity index (χ4v) is 5.84. The van der Waals surface area contributed by atoms with Crippen LogP contribution in [0, 0.1) is 5.92 Å². The Hall–Kier alpha value is -3.91. The van der Waals surface area contributed by atoms with Crippen molar-refractivity contribution in [2.45, 2.75) is 49.7 Å². The number of fused-ring (bicyclic) bond motifs is 1. The van der Waals surface area contributed by atoms with E-state index in [0.29, 0.717) is 24.3 Å². The summed E-state index contributed by atoms with van der Waals surface area (Å²) >= 11 is 0. The predicted octanol–water partition coefficient (Wildman–Crippen LogP) is 4.96. The molecule has 2 fully saturated rings. The third kappa shape index (κ3) is 5.53. The minimum atomic E-state index is -3.74. The van der Waals surface area contributed by atoms with Gasteiger partial charge in [-0.2, -0.15) is 5.10 Å². The van der Waals surface area contributed by atoms with Crippen LogP contribution in [0.3, 0.4) is 0 Å². The van der Waals surface area contributed by atoms with Crippen molar-refractivity contribution >= 4 is 44.1 Å². The number of halogens is 2.